The Balaban J connectivity index is 1.45. The quantitative estimate of drug-likeness (QED) is 0.653. The Labute approximate surface area is 173 Å². The van der Waals surface area contributed by atoms with Crippen LogP contribution in [0.2, 0.25) is 0 Å². The summed E-state index contributed by atoms with van der Waals surface area (Å²) in [6, 6.07) is 6.03. The van der Waals surface area contributed by atoms with E-state index in [0.717, 1.165) is 31.4 Å². The standard InChI is InChI=1S/C21H25N5O2S/c1-14-10-17(21(28)22-12-19(27)25-15-6-3-2-4-7-15)18-11-23-26(20(18)24-14)13-16-8-5-9-29-16/h5,8-11,15H,2-4,6-7,12-13H2,1H3,(H,22,28)(H,25,27). The van der Waals surface area contributed by atoms with Crippen molar-refractivity contribution in [3.05, 3.63) is 45.9 Å². The van der Waals surface area contributed by atoms with Crippen molar-refractivity contribution in [3.63, 3.8) is 0 Å². The molecule has 7 nitrogen and oxygen atoms in total. The predicted molar refractivity (Wildman–Crippen MR) is 113 cm³/mol. The van der Waals surface area contributed by atoms with Gasteiger partial charge in [0, 0.05) is 16.6 Å². The van der Waals surface area contributed by atoms with Crippen LogP contribution in [0.15, 0.2) is 29.8 Å². The third kappa shape index (κ3) is 4.64. The molecule has 0 bridgehead atoms. The number of nitrogens with zero attached hydrogens (tertiary/aromatic N) is 3. The summed E-state index contributed by atoms with van der Waals surface area (Å²) in [4.78, 5) is 30.7. The third-order valence-corrected chi connectivity index (χ3v) is 6.11. The van der Waals surface area contributed by atoms with Gasteiger partial charge >= 0.3 is 0 Å². The minimum absolute atomic E-state index is 0.0263. The van der Waals surface area contributed by atoms with Gasteiger partial charge in [0.05, 0.1) is 30.2 Å². The van der Waals surface area contributed by atoms with Gasteiger partial charge in [-0.25, -0.2) is 9.67 Å². The molecule has 3 aromatic rings. The Hall–Kier alpha value is -2.74. The van der Waals surface area contributed by atoms with Gasteiger partial charge in [0.15, 0.2) is 5.65 Å². The second-order valence-electron chi connectivity index (χ2n) is 7.52. The van der Waals surface area contributed by atoms with Crippen molar-refractivity contribution in [2.75, 3.05) is 6.54 Å². The lowest BCUT2D eigenvalue weighted by atomic mass is 9.95. The average Bonchev–Trinajstić information content (AvgIpc) is 3.37. The van der Waals surface area contributed by atoms with E-state index in [1.54, 1.807) is 28.3 Å². The summed E-state index contributed by atoms with van der Waals surface area (Å²) in [5.41, 5.74) is 1.91. The van der Waals surface area contributed by atoms with Crippen molar-refractivity contribution in [1.82, 2.24) is 25.4 Å². The number of hydrogen-bond acceptors (Lipinski definition) is 5. The highest BCUT2D eigenvalue weighted by Crippen LogP contribution is 2.20. The first-order valence-corrected chi connectivity index (χ1v) is 10.9. The fourth-order valence-corrected chi connectivity index (χ4v) is 4.49. The van der Waals surface area contributed by atoms with Crippen LogP contribution in [0.4, 0.5) is 0 Å². The second kappa shape index (κ2) is 8.73. The maximum atomic E-state index is 12.8. The maximum absolute atomic E-state index is 12.8. The molecular formula is C21H25N5O2S. The minimum Gasteiger partial charge on any atom is -0.352 e. The predicted octanol–water partition coefficient (Wildman–Crippen LogP) is 3.03. The topological polar surface area (TPSA) is 88.9 Å². The van der Waals surface area contributed by atoms with Crippen LogP contribution in [0.5, 0.6) is 0 Å². The summed E-state index contributed by atoms with van der Waals surface area (Å²) in [5.74, 6) is -0.421. The van der Waals surface area contributed by atoms with Crippen molar-refractivity contribution < 1.29 is 9.59 Å². The highest BCUT2D eigenvalue weighted by Gasteiger charge is 2.19. The molecular weight excluding hydrogens is 386 g/mol. The van der Waals surface area contributed by atoms with E-state index in [0.29, 0.717) is 23.1 Å². The van der Waals surface area contributed by atoms with Crippen molar-refractivity contribution in [3.8, 4) is 0 Å². The summed E-state index contributed by atoms with van der Waals surface area (Å²) < 4.78 is 1.81. The van der Waals surface area contributed by atoms with Gasteiger partial charge < -0.3 is 10.6 Å². The van der Waals surface area contributed by atoms with Crippen LogP contribution in [0, 0.1) is 6.92 Å². The Kier molecular flexibility index (Phi) is 5.89. The molecule has 0 atom stereocenters. The van der Waals surface area contributed by atoms with E-state index >= 15 is 0 Å². The summed E-state index contributed by atoms with van der Waals surface area (Å²) >= 11 is 1.66. The Morgan fingerprint density at radius 3 is 2.86 bits per heavy atom. The average molecular weight is 412 g/mol. The largest absolute Gasteiger partial charge is 0.352 e. The molecule has 1 aliphatic carbocycles. The number of rotatable bonds is 6. The summed E-state index contributed by atoms with van der Waals surface area (Å²) in [6.45, 7) is 2.44. The fourth-order valence-electron chi connectivity index (χ4n) is 3.81. The zero-order valence-electron chi connectivity index (χ0n) is 16.5. The van der Waals surface area contributed by atoms with E-state index in [2.05, 4.69) is 20.7 Å². The molecule has 2 N–H and O–H groups in total. The smallest absolute Gasteiger partial charge is 0.252 e. The zero-order chi connectivity index (χ0) is 20.2. The van der Waals surface area contributed by atoms with Gasteiger partial charge in [0.2, 0.25) is 5.91 Å². The highest BCUT2D eigenvalue weighted by molar-refractivity contribution is 7.09. The van der Waals surface area contributed by atoms with Gasteiger partial charge in [0.25, 0.3) is 5.91 Å². The summed E-state index contributed by atoms with van der Waals surface area (Å²) in [7, 11) is 0. The molecule has 152 valence electrons. The van der Waals surface area contributed by atoms with Crippen LogP contribution in [0.1, 0.15) is 53.0 Å². The molecule has 0 aliphatic heterocycles. The molecule has 3 aromatic heterocycles. The maximum Gasteiger partial charge on any atom is 0.252 e. The lowest BCUT2D eigenvalue weighted by molar-refractivity contribution is -0.121. The van der Waals surface area contributed by atoms with Gasteiger partial charge in [0.1, 0.15) is 0 Å². The molecule has 0 unspecified atom stereocenters. The molecule has 4 rings (SSSR count). The van der Waals surface area contributed by atoms with Gasteiger partial charge in [-0.05, 0) is 37.3 Å². The van der Waals surface area contributed by atoms with Crippen LogP contribution in [0.25, 0.3) is 11.0 Å². The third-order valence-electron chi connectivity index (χ3n) is 5.25. The second-order valence-corrected chi connectivity index (χ2v) is 8.55. The van der Waals surface area contributed by atoms with E-state index in [1.807, 2.05) is 24.4 Å². The first-order chi connectivity index (χ1) is 14.1. The fraction of sp³-hybridized carbons (Fsp3) is 0.429. The zero-order valence-corrected chi connectivity index (χ0v) is 17.3. The van der Waals surface area contributed by atoms with Crippen LogP contribution in [-0.4, -0.2) is 39.2 Å². The van der Waals surface area contributed by atoms with Crippen molar-refractivity contribution in [2.24, 2.45) is 0 Å². The Morgan fingerprint density at radius 2 is 2.10 bits per heavy atom. The van der Waals surface area contributed by atoms with Crippen LogP contribution >= 0.6 is 11.3 Å². The number of fused-ring (bicyclic) bond motifs is 1. The van der Waals surface area contributed by atoms with E-state index in [1.165, 1.54) is 11.3 Å². The van der Waals surface area contributed by atoms with Crippen molar-refractivity contribution in [1.29, 1.82) is 0 Å². The van der Waals surface area contributed by atoms with E-state index < -0.39 is 0 Å². The molecule has 1 fully saturated rings. The minimum atomic E-state index is -0.282. The van der Waals surface area contributed by atoms with E-state index in [9.17, 15) is 9.59 Å². The number of carbonyl (C=O) groups is 2. The lowest BCUT2D eigenvalue weighted by Crippen LogP contribution is -2.42. The lowest BCUT2D eigenvalue weighted by Gasteiger charge is -2.22. The molecule has 8 heteroatoms. The number of pyridine rings is 1. The Morgan fingerprint density at radius 1 is 1.28 bits per heavy atom. The molecule has 3 heterocycles. The Bertz CT molecular complexity index is 1010. The van der Waals surface area contributed by atoms with Crippen LogP contribution in [-0.2, 0) is 11.3 Å². The van der Waals surface area contributed by atoms with Crippen LogP contribution in [0.3, 0.4) is 0 Å². The highest BCUT2D eigenvalue weighted by atomic mass is 32.1. The first-order valence-electron chi connectivity index (χ1n) is 10.0. The van der Waals surface area contributed by atoms with E-state index in [4.69, 9.17) is 0 Å². The SMILES string of the molecule is Cc1cc(C(=O)NCC(=O)NC2CCCCC2)c2cnn(Cc3cccs3)c2n1. The number of hydrogen-bond donors (Lipinski definition) is 2. The number of aromatic nitrogens is 3. The van der Waals surface area contributed by atoms with E-state index in [-0.39, 0.29) is 24.4 Å². The number of carbonyl (C=O) groups excluding carboxylic acids is 2. The molecule has 1 aliphatic rings. The molecule has 1 saturated carbocycles. The molecule has 0 aromatic carbocycles. The number of amides is 2. The van der Waals surface area contributed by atoms with Gasteiger partial charge in [-0.15, -0.1) is 11.3 Å². The number of aryl methyl sites for hydroxylation is 1. The molecule has 2 amide bonds. The van der Waals surface area contributed by atoms with Gasteiger partial charge in [-0.3, -0.25) is 9.59 Å². The molecule has 0 saturated heterocycles. The number of nitrogens with one attached hydrogen (secondary N) is 2. The monoisotopic (exact) mass is 411 g/mol. The van der Waals surface area contributed by atoms with Gasteiger partial charge in [-0.1, -0.05) is 25.3 Å². The molecule has 29 heavy (non-hydrogen) atoms. The molecule has 0 spiro atoms. The summed E-state index contributed by atoms with van der Waals surface area (Å²) in [6.07, 6.45) is 7.26. The van der Waals surface area contributed by atoms with Crippen LogP contribution < -0.4 is 10.6 Å². The van der Waals surface area contributed by atoms with Gasteiger partial charge in [-0.2, -0.15) is 5.10 Å². The number of thiophene rings is 1. The summed E-state index contributed by atoms with van der Waals surface area (Å²) in [5, 5.41) is 12.9. The van der Waals surface area contributed by atoms with Crippen molar-refractivity contribution >= 4 is 34.2 Å². The molecule has 0 radical (unpaired) electrons. The normalized spacial score (nSPS) is 14.8. The first kappa shape index (κ1) is 19.6. The van der Waals surface area contributed by atoms with Crippen molar-refractivity contribution in [2.45, 2.75) is 51.6 Å².